The number of pyridine rings is 1. The summed E-state index contributed by atoms with van der Waals surface area (Å²) in [6.07, 6.45) is 3.07. The molecular formula is C22H15Cl2FN6. The van der Waals surface area contributed by atoms with E-state index >= 15 is 0 Å². The molecule has 0 aliphatic heterocycles. The second-order valence-corrected chi connectivity index (χ2v) is 7.94. The number of hydrogen-bond acceptors (Lipinski definition) is 5. The zero-order valence-corrected chi connectivity index (χ0v) is 17.7. The topological polar surface area (TPSA) is 82.5 Å². The number of halogens is 3. The predicted molar refractivity (Wildman–Crippen MR) is 121 cm³/mol. The summed E-state index contributed by atoms with van der Waals surface area (Å²) in [6, 6.07) is 11.6. The molecule has 6 nitrogen and oxygen atoms in total. The molecule has 0 aliphatic rings. The molecule has 1 atom stereocenters. The molecule has 3 heterocycles. The summed E-state index contributed by atoms with van der Waals surface area (Å²) in [5.41, 5.74) is 9.75. The van der Waals surface area contributed by atoms with Crippen LogP contribution in [0.4, 0.5) is 10.2 Å². The number of hydrogen-bond donors (Lipinski definition) is 1. The lowest BCUT2D eigenvalue weighted by Crippen LogP contribution is -2.09. The zero-order chi connectivity index (χ0) is 21.7. The van der Waals surface area contributed by atoms with Crippen LogP contribution < -0.4 is 5.73 Å². The van der Waals surface area contributed by atoms with Crippen molar-refractivity contribution in [2.45, 2.75) is 13.0 Å². The van der Waals surface area contributed by atoms with Crippen molar-refractivity contribution in [3.63, 3.8) is 0 Å². The minimum atomic E-state index is -0.421. The molecule has 5 aromatic rings. The maximum absolute atomic E-state index is 13.7. The highest BCUT2D eigenvalue weighted by Gasteiger charge is 2.21. The number of nitrogen functional groups attached to an aromatic ring is 1. The molecule has 0 saturated carbocycles. The van der Waals surface area contributed by atoms with Gasteiger partial charge < -0.3 is 10.3 Å². The second-order valence-electron chi connectivity index (χ2n) is 7.12. The number of imidazole rings is 1. The minimum absolute atomic E-state index is 0.244. The summed E-state index contributed by atoms with van der Waals surface area (Å²) in [5, 5.41) is 1.65. The summed E-state index contributed by atoms with van der Waals surface area (Å²) in [5.74, 6) is -0.115. The molecule has 0 amide bonds. The van der Waals surface area contributed by atoms with Crippen molar-refractivity contribution in [3.05, 3.63) is 76.5 Å². The zero-order valence-electron chi connectivity index (χ0n) is 16.2. The number of nitrogens with zero attached hydrogens (tertiary/aromatic N) is 5. The Balaban J connectivity index is 1.79. The molecule has 31 heavy (non-hydrogen) atoms. The lowest BCUT2D eigenvalue weighted by atomic mass is 9.98. The fourth-order valence-corrected chi connectivity index (χ4v) is 4.18. The Morgan fingerprint density at radius 2 is 1.84 bits per heavy atom. The first-order chi connectivity index (χ1) is 14.9. The van der Waals surface area contributed by atoms with Gasteiger partial charge >= 0.3 is 0 Å². The van der Waals surface area contributed by atoms with Gasteiger partial charge in [0.2, 0.25) is 0 Å². The van der Waals surface area contributed by atoms with Crippen LogP contribution in [-0.2, 0) is 0 Å². The van der Waals surface area contributed by atoms with Gasteiger partial charge in [0.05, 0.1) is 33.6 Å². The van der Waals surface area contributed by atoms with Crippen LogP contribution in [0.25, 0.3) is 33.3 Å². The predicted octanol–water partition coefficient (Wildman–Crippen LogP) is 5.68. The number of aromatic nitrogens is 5. The van der Waals surface area contributed by atoms with E-state index in [-0.39, 0.29) is 11.1 Å². The highest BCUT2D eigenvalue weighted by Crippen LogP contribution is 2.37. The van der Waals surface area contributed by atoms with E-state index in [0.717, 1.165) is 10.9 Å². The Hall–Kier alpha value is -3.29. The average Bonchev–Trinajstić information content (AvgIpc) is 3.18. The number of nitrogens with two attached hydrogens (primary N) is 1. The van der Waals surface area contributed by atoms with E-state index in [1.807, 2.05) is 29.7 Å². The van der Waals surface area contributed by atoms with E-state index in [4.69, 9.17) is 33.9 Å². The van der Waals surface area contributed by atoms with Crippen molar-refractivity contribution in [2.24, 2.45) is 0 Å². The van der Waals surface area contributed by atoms with Gasteiger partial charge in [0.1, 0.15) is 17.7 Å². The largest absolute Gasteiger partial charge is 0.382 e. The molecule has 0 unspecified atom stereocenters. The molecule has 2 N–H and O–H groups in total. The Morgan fingerprint density at radius 3 is 2.65 bits per heavy atom. The van der Waals surface area contributed by atoms with Crippen molar-refractivity contribution < 1.29 is 4.39 Å². The molecule has 3 aromatic heterocycles. The third-order valence-electron chi connectivity index (χ3n) is 5.27. The van der Waals surface area contributed by atoms with Crippen LogP contribution in [0.5, 0.6) is 0 Å². The molecule has 0 aliphatic carbocycles. The fourth-order valence-electron chi connectivity index (χ4n) is 3.70. The van der Waals surface area contributed by atoms with Crippen LogP contribution in [0.2, 0.25) is 10.0 Å². The third kappa shape index (κ3) is 3.26. The maximum Gasteiger partial charge on any atom is 0.165 e. The highest BCUT2D eigenvalue weighted by molar-refractivity contribution is 6.35. The van der Waals surface area contributed by atoms with E-state index in [1.54, 1.807) is 18.5 Å². The molecule has 0 spiro atoms. The molecular weight excluding hydrogens is 438 g/mol. The fraction of sp³-hybridized carbons (Fsp3) is 0.0909. The average molecular weight is 453 g/mol. The van der Waals surface area contributed by atoms with Crippen molar-refractivity contribution in [1.82, 2.24) is 24.5 Å². The van der Waals surface area contributed by atoms with Crippen LogP contribution in [0, 0.1) is 5.82 Å². The van der Waals surface area contributed by atoms with Crippen molar-refractivity contribution in [1.29, 1.82) is 0 Å². The summed E-state index contributed by atoms with van der Waals surface area (Å²) in [4.78, 5) is 17.6. The lowest BCUT2D eigenvalue weighted by molar-refractivity contribution is 0.628. The Labute approximate surface area is 186 Å². The first-order valence-corrected chi connectivity index (χ1v) is 10.2. The number of fused-ring (bicyclic) bond motifs is 2. The van der Waals surface area contributed by atoms with Gasteiger partial charge in [-0.25, -0.2) is 24.3 Å². The molecule has 5 rings (SSSR count). The normalized spacial score (nSPS) is 12.5. The van der Waals surface area contributed by atoms with E-state index in [2.05, 4.69) is 15.0 Å². The molecule has 0 fully saturated rings. The van der Waals surface area contributed by atoms with Gasteiger partial charge in [-0.15, -0.1) is 0 Å². The maximum atomic E-state index is 13.7. The molecule has 0 bridgehead atoms. The molecule has 154 valence electrons. The van der Waals surface area contributed by atoms with Crippen LogP contribution in [-0.4, -0.2) is 24.5 Å². The van der Waals surface area contributed by atoms with Gasteiger partial charge in [-0.2, -0.15) is 0 Å². The van der Waals surface area contributed by atoms with Gasteiger partial charge in [0, 0.05) is 16.5 Å². The Kier molecular flexibility index (Phi) is 4.72. The highest BCUT2D eigenvalue weighted by atomic mass is 35.5. The number of rotatable bonds is 3. The smallest absolute Gasteiger partial charge is 0.165 e. The van der Waals surface area contributed by atoms with Gasteiger partial charge in [0.15, 0.2) is 11.5 Å². The van der Waals surface area contributed by atoms with Gasteiger partial charge in [0.25, 0.3) is 0 Å². The van der Waals surface area contributed by atoms with E-state index in [1.165, 1.54) is 18.5 Å². The first-order valence-electron chi connectivity index (χ1n) is 9.41. The Bertz CT molecular complexity index is 1470. The summed E-state index contributed by atoms with van der Waals surface area (Å²) in [6.45, 7) is 1.99. The van der Waals surface area contributed by atoms with Crippen LogP contribution in [0.1, 0.15) is 18.5 Å². The number of benzene rings is 2. The number of anilines is 1. The summed E-state index contributed by atoms with van der Waals surface area (Å²) in [7, 11) is 0. The third-order valence-corrected chi connectivity index (χ3v) is 5.88. The summed E-state index contributed by atoms with van der Waals surface area (Å²) >= 11 is 12.8. The van der Waals surface area contributed by atoms with Gasteiger partial charge in [-0.3, -0.25) is 0 Å². The summed E-state index contributed by atoms with van der Waals surface area (Å²) < 4.78 is 15.6. The van der Waals surface area contributed by atoms with E-state index < -0.39 is 5.82 Å². The number of para-hydroxylation sites is 1. The van der Waals surface area contributed by atoms with Gasteiger partial charge in [-0.05, 0) is 37.3 Å². The van der Waals surface area contributed by atoms with Crippen molar-refractivity contribution in [2.75, 3.05) is 5.73 Å². The Morgan fingerprint density at radius 1 is 1.00 bits per heavy atom. The van der Waals surface area contributed by atoms with Gasteiger partial charge in [-0.1, -0.05) is 35.3 Å². The molecule has 0 saturated heterocycles. The van der Waals surface area contributed by atoms with Crippen LogP contribution >= 0.6 is 23.2 Å². The van der Waals surface area contributed by atoms with Crippen LogP contribution in [0.15, 0.2) is 55.1 Å². The molecule has 2 aromatic carbocycles. The van der Waals surface area contributed by atoms with Crippen LogP contribution in [0.3, 0.4) is 0 Å². The lowest BCUT2D eigenvalue weighted by Gasteiger charge is -2.20. The van der Waals surface area contributed by atoms with E-state index in [9.17, 15) is 4.39 Å². The molecule has 0 radical (unpaired) electrons. The van der Waals surface area contributed by atoms with Crippen molar-refractivity contribution in [3.8, 4) is 11.3 Å². The van der Waals surface area contributed by atoms with E-state index in [0.29, 0.717) is 38.8 Å². The molecule has 9 heteroatoms. The standard InChI is InChI=1S/C22H15Cl2FN6/c1-11(31-10-29-20-21(26)27-9-28-22(20)31)15-7-12-3-2-4-16(23)18(12)30-19(15)14-6-5-13(25)8-17(14)24/h2-11H,1H3,(H2,26,27,28)/t11-/m0/s1. The quantitative estimate of drug-likeness (QED) is 0.380. The monoisotopic (exact) mass is 452 g/mol. The van der Waals surface area contributed by atoms with Crippen molar-refractivity contribution >= 4 is 51.1 Å². The first kappa shape index (κ1) is 19.7. The minimum Gasteiger partial charge on any atom is -0.382 e. The second kappa shape index (κ2) is 7.44. The SMILES string of the molecule is C[C@@H](c1cc2cccc(Cl)c2nc1-c1ccc(F)cc1Cl)n1cnc2c(N)ncnc21.